The van der Waals surface area contributed by atoms with Crippen molar-refractivity contribution in [3.63, 3.8) is 0 Å². The topological polar surface area (TPSA) is 72.6 Å². The van der Waals surface area contributed by atoms with Crippen LogP contribution in [-0.2, 0) is 4.79 Å². The minimum absolute atomic E-state index is 0.0169. The molecular formula is C17H24N2O3. The summed E-state index contributed by atoms with van der Waals surface area (Å²) in [4.78, 5) is 26.1. The molecule has 1 aromatic carbocycles. The van der Waals surface area contributed by atoms with Crippen LogP contribution in [0.1, 0.15) is 36.5 Å². The zero-order chi connectivity index (χ0) is 16.2. The number of hydrogen-bond donors (Lipinski definition) is 1. The summed E-state index contributed by atoms with van der Waals surface area (Å²) < 4.78 is 5.06. The first-order valence-electron chi connectivity index (χ1n) is 7.62. The Morgan fingerprint density at radius 1 is 1.27 bits per heavy atom. The van der Waals surface area contributed by atoms with Crippen LogP contribution >= 0.6 is 0 Å². The lowest BCUT2D eigenvalue weighted by atomic mass is 9.90. The Morgan fingerprint density at radius 2 is 1.95 bits per heavy atom. The molecule has 0 saturated carbocycles. The summed E-state index contributed by atoms with van der Waals surface area (Å²) in [6, 6.07) is 6.96. The van der Waals surface area contributed by atoms with Gasteiger partial charge in [0.2, 0.25) is 5.91 Å². The highest BCUT2D eigenvalue weighted by molar-refractivity contribution is 5.98. The van der Waals surface area contributed by atoms with Crippen LogP contribution < -0.4 is 10.5 Å². The number of rotatable bonds is 6. The van der Waals surface area contributed by atoms with Gasteiger partial charge in [-0.3, -0.25) is 9.59 Å². The van der Waals surface area contributed by atoms with Crippen molar-refractivity contribution in [1.82, 2.24) is 4.90 Å². The van der Waals surface area contributed by atoms with Gasteiger partial charge in [0, 0.05) is 31.5 Å². The largest absolute Gasteiger partial charge is 0.497 e. The highest BCUT2D eigenvalue weighted by atomic mass is 16.5. The third kappa shape index (κ3) is 3.85. The van der Waals surface area contributed by atoms with E-state index in [1.165, 1.54) is 0 Å². The molecule has 5 nitrogen and oxygen atoms in total. The molecule has 2 N–H and O–H groups in total. The van der Waals surface area contributed by atoms with Gasteiger partial charge in [0.05, 0.1) is 7.11 Å². The molecule has 0 aliphatic carbocycles. The number of ether oxygens (including phenoxy) is 1. The number of ketones is 1. The summed E-state index contributed by atoms with van der Waals surface area (Å²) >= 11 is 0. The Morgan fingerprint density at radius 3 is 2.50 bits per heavy atom. The van der Waals surface area contributed by atoms with Crippen LogP contribution in [0.2, 0.25) is 0 Å². The molecule has 1 atom stereocenters. The number of Topliss-reactive ketones (excluding diaryl/α,β-unsaturated/α-hetero) is 1. The number of amides is 1. The molecule has 1 amide bonds. The number of hydrogen-bond acceptors (Lipinski definition) is 4. The van der Waals surface area contributed by atoms with Crippen LogP contribution in [0.25, 0.3) is 0 Å². The van der Waals surface area contributed by atoms with E-state index in [1.54, 1.807) is 31.4 Å². The Kier molecular flexibility index (Phi) is 5.19. The van der Waals surface area contributed by atoms with Crippen molar-refractivity contribution < 1.29 is 14.3 Å². The molecule has 1 aromatic rings. The quantitative estimate of drug-likeness (QED) is 0.814. The first kappa shape index (κ1) is 16.5. The van der Waals surface area contributed by atoms with E-state index < -0.39 is 0 Å². The Balaban J connectivity index is 1.84. The maximum atomic E-state index is 12.2. The van der Waals surface area contributed by atoms with Gasteiger partial charge < -0.3 is 15.4 Å². The summed E-state index contributed by atoms with van der Waals surface area (Å²) in [5.41, 5.74) is 6.39. The first-order chi connectivity index (χ1) is 10.5. The third-order valence-corrected chi connectivity index (χ3v) is 4.38. The number of likely N-dealkylation sites (tertiary alicyclic amines) is 1. The molecular weight excluding hydrogens is 280 g/mol. The monoisotopic (exact) mass is 304 g/mol. The van der Waals surface area contributed by atoms with Gasteiger partial charge in [0.1, 0.15) is 5.75 Å². The Hall–Kier alpha value is -1.88. The van der Waals surface area contributed by atoms with E-state index in [9.17, 15) is 9.59 Å². The van der Waals surface area contributed by atoms with Crippen molar-refractivity contribution in [2.45, 2.75) is 26.2 Å². The molecule has 1 aliphatic rings. The van der Waals surface area contributed by atoms with E-state index >= 15 is 0 Å². The van der Waals surface area contributed by atoms with Crippen LogP contribution in [0.3, 0.4) is 0 Å². The smallest absolute Gasteiger partial charge is 0.223 e. The van der Waals surface area contributed by atoms with Crippen molar-refractivity contribution >= 4 is 11.7 Å². The summed E-state index contributed by atoms with van der Waals surface area (Å²) in [6.07, 6.45) is 1.42. The molecule has 5 heteroatoms. The molecule has 1 aliphatic heterocycles. The van der Waals surface area contributed by atoms with Crippen LogP contribution in [0.15, 0.2) is 24.3 Å². The van der Waals surface area contributed by atoms with E-state index in [4.69, 9.17) is 10.5 Å². The fraction of sp³-hybridized carbons (Fsp3) is 0.529. The van der Waals surface area contributed by atoms with Crippen molar-refractivity contribution in [1.29, 1.82) is 0 Å². The molecule has 0 radical (unpaired) electrons. The molecule has 0 bridgehead atoms. The van der Waals surface area contributed by atoms with Crippen molar-refractivity contribution in [3.8, 4) is 5.75 Å². The molecule has 2 rings (SSSR count). The van der Waals surface area contributed by atoms with E-state index in [2.05, 4.69) is 6.92 Å². The fourth-order valence-corrected chi connectivity index (χ4v) is 2.70. The minimum Gasteiger partial charge on any atom is -0.497 e. The lowest BCUT2D eigenvalue weighted by Crippen LogP contribution is -2.34. The van der Waals surface area contributed by atoms with Gasteiger partial charge in [-0.2, -0.15) is 0 Å². The van der Waals surface area contributed by atoms with Crippen LogP contribution in [0, 0.1) is 5.41 Å². The normalized spacial score (nSPS) is 21.0. The highest BCUT2D eigenvalue weighted by Crippen LogP contribution is 2.29. The van der Waals surface area contributed by atoms with Crippen molar-refractivity contribution in [2.24, 2.45) is 11.1 Å². The summed E-state index contributed by atoms with van der Waals surface area (Å²) in [6.45, 7) is 4.12. The van der Waals surface area contributed by atoms with Crippen molar-refractivity contribution in [3.05, 3.63) is 29.8 Å². The maximum absolute atomic E-state index is 12.2. The summed E-state index contributed by atoms with van der Waals surface area (Å²) in [5.74, 6) is 0.738. The SMILES string of the molecule is COc1ccc(C(=O)CCC(=O)N2CCC(C)(CN)C2)cc1. The van der Waals surface area contributed by atoms with Gasteiger partial charge >= 0.3 is 0 Å². The number of carbonyl (C=O) groups is 2. The number of methoxy groups -OCH3 is 1. The number of carbonyl (C=O) groups excluding carboxylic acids is 2. The number of nitrogens with zero attached hydrogens (tertiary/aromatic N) is 1. The zero-order valence-electron chi connectivity index (χ0n) is 13.3. The number of nitrogens with two attached hydrogens (primary N) is 1. The maximum Gasteiger partial charge on any atom is 0.223 e. The second kappa shape index (κ2) is 6.92. The average molecular weight is 304 g/mol. The van der Waals surface area contributed by atoms with E-state index in [1.807, 2.05) is 4.90 Å². The first-order valence-corrected chi connectivity index (χ1v) is 7.62. The van der Waals surface area contributed by atoms with E-state index in [0.29, 0.717) is 24.4 Å². The van der Waals surface area contributed by atoms with Crippen LogP contribution in [0.5, 0.6) is 5.75 Å². The summed E-state index contributed by atoms with van der Waals surface area (Å²) in [7, 11) is 1.58. The number of benzene rings is 1. The van der Waals surface area contributed by atoms with E-state index in [0.717, 1.165) is 13.0 Å². The Labute approximate surface area is 131 Å². The fourth-order valence-electron chi connectivity index (χ4n) is 2.70. The lowest BCUT2D eigenvalue weighted by molar-refractivity contribution is -0.130. The minimum atomic E-state index is -0.0169. The van der Waals surface area contributed by atoms with Gasteiger partial charge in [-0.1, -0.05) is 6.92 Å². The lowest BCUT2D eigenvalue weighted by Gasteiger charge is -2.22. The van der Waals surface area contributed by atoms with Crippen LogP contribution in [0.4, 0.5) is 0 Å². The second-order valence-electron chi connectivity index (χ2n) is 6.23. The molecule has 0 spiro atoms. The van der Waals surface area contributed by atoms with Gasteiger partial charge in [0.25, 0.3) is 0 Å². The van der Waals surface area contributed by atoms with Gasteiger partial charge in [-0.15, -0.1) is 0 Å². The molecule has 1 saturated heterocycles. The van der Waals surface area contributed by atoms with Gasteiger partial charge in [-0.25, -0.2) is 0 Å². The third-order valence-electron chi connectivity index (χ3n) is 4.38. The highest BCUT2D eigenvalue weighted by Gasteiger charge is 2.34. The van der Waals surface area contributed by atoms with Gasteiger partial charge in [-0.05, 0) is 42.6 Å². The van der Waals surface area contributed by atoms with Crippen LogP contribution in [-0.4, -0.2) is 43.3 Å². The predicted octanol–water partition coefficient (Wildman–Crippen LogP) is 1.86. The molecule has 1 fully saturated rings. The molecule has 22 heavy (non-hydrogen) atoms. The molecule has 1 heterocycles. The molecule has 0 aromatic heterocycles. The van der Waals surface area contributed by atoms with E-state index in [-0.39, 0.29) is 29.9 Å². The van der Waals surface area contributed by atoms with Crippen molar-refractivity contribution in [2.75, 3.05) is 26.7 Å². The predicted molar refractivity (Wildman–Crippen MR) is 84.9 cm³/mol. The molecule has 1 unspecified atom stereocenters. The summed E-state index contributed by atoms with van der Waals surface area (Å²) in [5, 5.41) is 0. The van der Waals surface area contributed by atoms with Gasteiger partial charge in [0.15, 0.2) is 5.78 Å². The standard InChI is InChI=1S/C17H24N2O3/c1-17(11-18)9-10-19(12-17)16(21)8-7-15(20)13-3-5-14(22-2)6-4-13/h3-6H,7-12,18H2,1-2H3. The zero-order valence-corrected chi connectivity index (χ0v) is 13.3. The average Bonchev–Trinajstić information content (AvgIpc) is 2.95. The second-order valence-corrected chi connectivity index (χ2v) is 6.23. The Bertz CT molecular complexity index is 541. The molecule has 120 valence electrons.